The molecule has 1 aromatic carbocycles. The van der Waals surface area contributed by atoms with E-state index in [0.29, 0.717) is 23.4 Å². The van der Waals surface area contributed by atoms with Crippen LogP contribution >= 0.6 is 0 Å². The van der Waals surface area contributed by atoms with Gasteiger partial charge in [-0.1, -0.05) is 0 Å². The summed E-state index contributed by atoms with van der Waals surface area (Å²) in [6, 6.07) is 6.09. The summed E-state index contributed by atoms with van der Waals surface area (Å²) in [7, 11) is 0. The normalized spacial score (nSPS) is 18.4. The van der Waals surface area contributed by atoms with Crippen LogP contribution < -0.4 is 5.32 Å². The highest BCUT2D eigenvalue weighted by Gasteiger charge is 2.42. The van der Waals surface area contributed by atoms with Crippen LogP contribution in [-0.2, 0) is 0 Å². The van der Waals surface area contributed by atoms with Gasteiger partial charge >= 0.3 is 0 Å². The standard InChI is InChI=1S/C14H16N2O3/c17-14(11-5-7-12(8-6-11)16(18)19)15-13(9-1-2-9)10-3-4-10/h5-10,13H,1-4H2,(H,15,17). The van der Waals surface area contributed by atoms with Crippen molar-refractivity contribution in [2.24, 2.45) is 11.8 Å². The number of non-ortho nitro benzene ring substituents is 1. The van der Waals surface area contributed by atoms with E-state index in [1.165, 1.54) is 49.9 Å². The molecule has 0 saturated heterocycles. The second-order valence-corrected chi connectivity index (χ2v) is 5.48. The molecule has 100 valence electrons. The van der Waals surface area contributed by atoms with Crippen LogP contribution in [-0.4, -0.2) is 16.9 Å². The summed E-state index contributed by atoms with van der Waals surface area (Å²) >= 11 is 0. The van der Waals surface area contributed by atoms with Gasteiger partial charge in [0.15, 0.2) is 0 Å². The van der Waals surface area contributed by atoms with Crippen LogP contribution in [0.1, 0.15) is 36.0 Å². The van der Waals surface area contributed by atoms with E-state index in [2.05, 4.69) is 5.32 Å². The molecule has 0 heterocycles. The molecule has 0 unspecified atom stereocenters. The number of amides is 1. The van der Waals surface area contributed by atoms with Crippen molar-refractivity contribution in [1.29, 1.82) is 0 Å². The first kappa shape index (κ1) is 12.1. The quantitative estimate of drug-likeness (QED) is 0.653. The van der Waals surface area contributed by atoms with Gasteiger partial charge in [-0.25, -0.2) is 0 Å². The van der Waals surface area contributed by atoms with Gasteiger partial charge in [-0.05, 0) is 49.7 Å². The molecule has 0 radical (unpaired) electrons. The molecule has 2 saturated carbocycles. The van der Waals surface area contributed by atoms with Crippen molar-refractivity contribution in [2.45, 2.75) is 31.7 Å². The molecule has 5 heteroatoms. The minimum atomic E-state index is -0.459. The van der Waals surface area contributed by atoms with E-state index in [4.69, 9.17) is 0 Å². The number of nitro benzene ring substituents is 1. The van der Waals surface area contributed by atoms with Gasteiger partial charge in [0.1, 0.15) is 0 Å². The molecular weight excluding hydrogens is 244 g/mol. The summed E-state index contributed by atoms with van der Waals surface area (Å²) in [4.78, 5) is 22.2. The summed E-state index contributed by atoms with van der Waals surface area (Å²) in [6.45, 7) is 0. The number of carbonyl (C=O) groups excluding carboxylic acids is 1. The third-order valence-corrected chi connectivity index (χ3v) is 3.90. The Bertz CT molecular complexity index is 492. The molecular formula is C14H16N2O3. The largest absolute Gasteiger partial charge is 0.349 e. The monoisotopic (exact) mass is 260 g/mol. The Morgan fingerprint density at radius 1 is 1.16 bits per heavy atom. The number of nitrogens with one attached hydrogen (secondary N) is 1. The number of benzene rings is 1. The molecule has 1 aromatic rings. The molecule has 3 rings (SSSR count). The summed E-state index contributed by atoms with van der Waals surface area (Å²) in [5.41, 5.74) is 0.509. The van der Waals surface area contributed by atoms with E-state index < -0.39 is 4.92 Å². The van der Waals surface area contributed by atoms with Crippen molar-refractivity contribution in [3.63, 3.8) is 0 Å². The van der Waals surface area contributed by atoms with Crippen LogP contribution in [0.25, 0.3) is 0 Å². The lowest BCUT2D eigenvalue weighted by Crippen LogP contribution is -2.38. The molecule has 0 aliphatic heterocycles. The number of hydrogen-bond donors (Lipinski definition) is 1. The fourth-order valence-corrected chi connectivity index (χ4v) is 2.50. The summed E-state index contributed by atoms with van der Waals surface area (Å²) in [5, 5.41) is 13.7. The zero-order valence-corrected chi connectivity index (χ0v) is 10.5. The number of nitro groups is 1. The van der Waals surface area contributed by atoms with E-state index in [9.17, 15) is 14.9 Å². The minimum absolute atomic E-state index is 0.0116. The molecule has 0 atom stereocenters. The van der Waals surface area contributed by atoms with Crippen molar-refractivity contribution in [3.8, 4) is 0 Å². The smallest absolute Gasteiger partial charge is 0.269 e. The number of hydrogen-bond acceptors (Lipinski definition) is 3. The highest BCUT2D eigenvalue weighted by atomic mass is 16.6. The van der Waals surface area contributed by atoms with Crippen molar-refractivity contribution in [2.75, 3.05) is 0 Å². The zero-order valence-electron chi connectivity index (χ0n) is 10.5. The van der Waals surface area contributed by atoms with Gasteiger partial charge in [0.2, 0.25) is 0 Å². The van der Waals surface area contributed by atoms with Crippen molar-refractivity contribution in [3.05, 3.63) is 39.9 Å². The average Bonchev–Trinajstić information content (AvgIpc) is 3.29. The first-order valence-corrected chi connectivity index (χ1v) is 6.70. The predicted octanol–water partition coefficient (Wildman–Crippen LogP) is 2.51. The molecule has 1 N–H and O–H groups in total. The maximum atomic E-state index is 12.1. The molecule has 2 aliphatic rings. The lowest BCUT2D eigenvalue weighted by Gasteiger charge is -2.17. The second kappa shape index (κ2) is 4.64. The predicted molar refractivity (Wildman–Crippen MR) is 69.8 cm³/mol. The van der Waals surface area contributed by atoms with Crippen molar-refractivity contribution < 1.29 is 9.72 Å². The second-order valence-electron chi connectivity index (χ2n) is 5.48. The molecule has 0 aromatic heterocycles. The molecule has 2 fully saturated rings. The Kier molecular flexibility index (Phi) is 2.97. The zero-order chi connectivity index (χ0) is 13.4. The van der Waals surface area contributed by atoms with Gasteiger partial charge < -0.3 is 5.32 Å². The van der Waals surface area contributed by atoms with Gasteiger partial charge in [0, 0.05) is 23.7 Å². The summed E-state index contributed by atoms with van der Waals surface area (Å²) in [6.07, 6.45) is 4.84. The Morgan fingerprint density at radius 2 is 1.68 bits per heavy atom. The van der Waals surface area contributed by atoms with Crippen LogP contribution in [0.5, 0.6) is 0 Å². The minimum Gasteiger partial charge on any atom is -0.349 e. The Balaban J connectivity index is 1.67. The maximum Gasteiger partial charge on any atom is 0.269 e. The topological polar surface area (TPSA) is 72.2 Å². The van der Waals surface area contributed by atoms with E-state index in [1.807, 2.05) is 0 Å². The molecule has 2 aliphatic carbocycles. The lowest BCUT2D eigenvalue weighted by molar-refractivity contribution is -0.384. The van der Waals surface area contributed by atoms with Gasteiger partial charge in [-0.2, -0.15) is 0 Å². The van der Waals surface area contributed by atoms with Gasteiger partial charge in [-0.15, -0.1) is 0 Å². The fraction of sp³-hybridized carbons (Fsp3) is 0.500. The third kappa shape index (κ3) is 2.75. The van der Waals surface area contributed by atoms with Crippen LogP contribution in [0, 0.1) is 22.0 Å². The Labute approximate surface area is 111 Å². The maximum absolute atomic E-state index is 12.1. The molecule has 5 nitrogen and oxygen atoms in total. The average molecular weight is 260 g/mol. The highest BCUT2D eigenvalue weighted by Crippen LogP contribution is 2.44. The SMILES string of the molecule is O=C(NC(C1CC1)C1CC1)c1ccc([N+](=O)[O-])cc1. The number of rotatable bonds is 5. The van der Waals surface area contributed by atoms with E-state index in [-0.39, 0.29) is 11.6 Å². The fourth-order valence-electron chi connectivity index (χ4n) is 2.50. The third-order valence-electron chi connectivity index (χ3n) is 3.90. The van der Waals surface area contributed by atoms with Crippen LogP contribution in [0.3, 0.4) is 0 Å². The van der Waals surface area contributed by atoms with Gasteiger partial charge in [0.05, 0.1) is 4.92 Å². The Morgan fingerprint density at radius 3 is 2.11 bits per heavy atom. The lowest BCUT2D eigenvalue weighted by atomic mass is 10.1. The Hall–Kier alpha value is -1.91. The van der Waals surface area contributed by atoms with Crippen LogP contribution in [0.2, 0.25) is 0 Å². The van der Waals surface area contributed by atoms with Crippen LogP contribution in [0.15, 0.2) is 24.3 Å². The van der Waals surface area contributed by atoms with Gasteiger partial charge in [0.25, 0.3) is 11.6 Å². The van der Waals surface area contributed by atoms with Crippen LogP contribution in [0.4, 0.5) is 5.69 Å². The molecule has 19 heavy (non-hydrogen) atoms. The highest BCUT2D eigenvalue weighted by molar-refractivity contribution is 5.94. The molecule has 1 amide bonds. The summed E-state index contributed by atoms with van der Waals surface area (Å²) in [5.74, 6) is 1.18. The van der Waals surface area contributed by atoms with E-state index in [1.54, 1.807) is 0 Å². The molecule has 0 spiro atoms. The number of carbonyl (C=O) groups is 1. The first-order valence-electron chi connectivity index (χ1n) is 6.70. The van der Waals surface area contributed by atoms with Crippen molar-refractivity contribution in [1.82, 2.24) is 5.32 Å². The van der Waals surface area contributed by atoms with E-state index >= 15 is 0 Å². The summed E-state index contributed by atoms with van der Waals surface area (Å²) < 4.78 is 0. The first-order chi connectivity index (χ1) is 9.15. The van der Waals surface area contributed by atoms with E-state index in [0.717, 1.165) is 0 Å². The van der Waals surface area contributed by atoms with Crippen molar-refractivity contribution >= 4 is 11.6 Å². The van der Waals surface area contributed by atoms with Gasteiger partial charge in [-0.3, -0.25) is 14.9 Å². The molecule has 0 bridgehead atoms. The number of nitrogens with zero attached hydrogens (tertiary/aromatic N) is 1.